The summed E-state index contributed by atoms with van der Waals surface area (Å²) in [7, 11) is 1.58. The van der Waals surface area contributed by atoms with Gasteiger partial charge >= 0.3 is 5.97 Å². The Bertz CT molecular complexity index is 760. The highest BCUT2D eigenvalue weighted by atomic mass is 16.5. The van der Waals surface area contributed by atoms with Crippen LogP contribution in [-0.4, -0.2) is 25.0 Å². The lowest BCUT2D eigenvalue weighted by molar-refractivity contribution is -0.140. The first kappa shape index (κ1) is 18.5. The van der Waals surface area contributed by atoms with Crippen molar-refractivity contribution >= 4 is 17.8 Å². The number of rotatable bonds is 7. The fourth-order valence-corrected chi connectivity index (χ4v) is 2.32. The number of benzene rings is 2. The van der Waals surface area contributed by atoms with E-state index in [0.29, 0.717) is 11.3 Å². The van der Waals surface area contributed by atoms with E-state index in [2.05, 4.69) is 6.92 Å². The van der Waals surface area contributed by atoms with E-state index in [-0.39, 0.29) is 5.78 Å². The van der Waals surface area contributed by atoms with Crippen LogP contribution in [0.15, 0.2) is 54.6 Å². The first-order valence-corrected chi connectivity index (χ1v) is 8.19. The van der Waals surface area contributed by atoms with Crippen molar-refractivity contribution in [2.24, 2.45) is 0 Å². The molecule has 0 saturated carbocycles. The fraction of sp³-hybridized carbons (Fsp3) is 0.238. The molecule has 2 aromatic carbocycles. The predicted octanol–water partition coefficient (Wildman–Crippen LogP) is 4.09. The lowest BCUT2D eigenvalue weighted by atomic mass is 10.0. The number of esters is 1. The normalized spacial score (nSPS) is 12.0. The number of Topliss-reactive ketones (excluding diaryl/α,β-unsaturated/α-hetero) is 1. The molecule has 0 N–H and O–H groups in total. The van der Waals surface area contributed by atoms with Gasteiger partial charge in [-0.15, -0.1) is 0 Å². The Kier molecular flexibility index (Phi) is 6.52. The topological polar surface area (TPSA) is 52.6 Å². The Morgan fingerprint density at radius 1 is 1.12 bits per heavy atom. The Morgan fingerprint density at radius 2 is 1.84 bits per heavy atom. The molecule has 0 aliphatic rings. The molecule has 4 nitrogen and oxygen atoms in total. The summed E-state index contributed by atoms with van der Waals surface area (Å²) in [5, 5.41) is 0. The highest BCUT2D eigenvalue weighted by Gasteiger charge is 2.18. The summed E-state index contributed by atoms with van der Waals surface area (Å²) in [6.45, 7) is 3.63. The zero-order valence-electron chi connectivity index (χ0n) is 14.7. The molecule has 0 saturated heterocycles. The van der Waals surface area contributed by atoms with E-state index in [9.17, 15) is 9.59 Å². The van der Waals surface area contributed by atoms with Crippen LogP contribution in [0.4, 0.5) is 0 Å². The first-order chi connectivity index (χ1) is 12.0. The smallest absolute Gasteiger partial charge is 0.331 e. The minimum Gasteiger partial charge on any atom is -0.497 e. The molecule has 0 bridgehead atoms. The summed E-state index contributed by atoms with van der Waals surface area (Å²) < 4.78 is 10.3. The number of aryl methyl sites for hydroxylation is 1. The van der Waals surface area contributed by atoms with Crippen molar-refractivity contribution in [3.05, 3.63) is 71.3 Å². The standard InChI is InChI=1S/C21H22O4/c1-4-16-8-11-18(12-9-16)21(23)15(2)25-20(22)13-10-17-6-5-7-19(14-17)24-3/h5-15H,4H2,1-3H3/b13-10+/t15-/m0/s1. The van der Waals surface area contributed by atoms with Crippen LogP contribution >= 0.6 is 0 Å². The summed E-state index contributed by atoms with van der Waals surface area (Å²) in [5.41, 5.74) is 2.50. The Balaban J connectivity index is 1.96. The summed E-state index contributed by atoms with van der Waals surface area (Å²) >= 11 is 0. The first-order valence-electron chi connectivity index (χ1n) is 8.19. The zero-order valence-corrected chi connectivity index (χ0v) is 14.7. The average Bonchev–Trinajstić information content (AvgIpc) is 2.66. The van der Waals surface area contributed by atoms with Gasteiger partial charge in [0, 0.05) is 11.6 Å². The van der Waals surface area contributed by atoms with Crippen molar-refractivity contribution in [1.29, 1.82) is 0 Å². The van der Waals surface area contributed by atoms with Gasteiger partial charge in [-0.25, -0.2) is 4.79 Å². The zero-order chi connectivity index (χ0) is 18.2. The van der Waals surface area contributed by atoms with Gasteiger partial charge in [0.1, 0.15) is 5.75 Å². The molecule has 1 atom stereocenters. The van der Waals surface area contributed by atoms with Gasteiger partial charge in [0.2, 0.25) is 5.78 Å². The van der Waals surface area contributed by atoms with Gasteiger partial charge < -0.3 is 9.47 Å². The molecule has 130 valence electrons. The summed E-state index contributed by atoms with van der Waals surface area (Å²) in [6, 6.07) is 14.6. The Hall–Kier alpha value is -2.88. The molecule has 0 aliphatic carbocycles. The lowest BCUT2D eigenvalue weighted by Crippen LogP contribution is -2.23. The number of hydrogen-bond donors (Lipinski definition) is 0. The summed E-state index contributed by atoms with van der Waals surface area (Å²) in [6.07, 6.45) is 3.00. The van der Waals surface area contributed by atoms with Crippen LogP contribution in [-0.2, 0) is 16.0 Å². The Morgan fingerprint density at radius 3 is 2.48 bits per heavy atom. The molecule has 25 heavy (non-hydrogen) atoms. The monoisotopic (exact) mass is 338 g/mol. The van der Waals surface area contributed by atoms with Crippen LogP contribution in [0.25, 0.3) is 6.08 Å². The van der Waals surface area contributed by atoms with Crippen molar-refractivity contribution < 1.29 is 19.1 Å². The van der Waals surface area contributed by atoms with Crippen LogP contribution in [0, 0.1) is 0 Å². The van der Waals surface area contributed by atoms with Crippen LogP contribution in [0.2, 0.25) is 0 Å². The van der Waals surface area contributed by atoms with Gasteiger partial charge in [-0.05, 0) is 42.7 Å². The fourth-order valence-electron chi connectivity index (χ4n) is 2.32. The van der Waals surface area contributed by atoms with Crippen LogP contribution in [0.5, 0.6) is 5.75 Å². The van der Waals surface area contributed by atoms with Gasteiger partial charge in [0.05, 0.1) is 7.11 Å². The highest BCUT2D eigenvalue weighted by molar-refractivity contribution is 6.01. The van der Waals surface area contributed by atoms with Crippen molar-refractivity contribution in [3.8, 4) is 5.75 Å². The quantitative estimate of drug-likeness (QED) is 0.433. The van der Waals surface area contributed by atoms with Crippen LogP contribution in [0.1, 0.15) is 35.3 Å². The maximum atomic E-state index is 12.3. The molecule has 2 aromatic rings. The van der Waals surface area contributed by atoms with Crippen molar-refractivity contribution in [1.82, 2.24) is 0 Å². The van der Waals surface area contributed by atoms with Gasteiger partial charge in [-0.2, -0.15) is 0 Å². The second kappa shape index (κ2) is 8.83. The van der Waals surface area contributed by atoms with E-state index in [1.165, 1.54) is 6.08 Å². The van der Waals surface area contributed by atoms with Gasteiger partial charge in [0.25, 0.3) is 0 Å². The third-order valence-electron chi connectivity index (χ3n) is 3.81. The van der Waals surface area contributed by atoms with Gasteiger partial charge in [-0.1, -0.05) is 43.3 Å². The van der Waals surface area contributed by atoms with E-state index in [1.807, 2.05) is 30.3 Å². The second-order valence-electron chi connectivity index (χ2n) is 5.60. The minimum absolute atomic E-state index is 0.217. The SMILES string of the molecule is CCc1ccc(C(=O)[C@H](C)OC(=O)/C=C/c2cccc(OC)c2)cc1. The van der Waals surface area contributed by atoms with Crippen molar-refractivity contribution in [2.75, 3.05) is 7.11 Å². The molecule has 0 unspecified atom stereocenters. The molecular weight excluding hydrogens is 316 g/mol. The van der Waals surface area contributed by atoms with Crippen molar-refractivity contribution in [3.63, 3.8) is 0 Å². The molecule has 2 rings (SSSR count). The largest absolute Gasteiger partial charge is 0.497 e. The van der Waals surface area contributed by atoms with Gasteiger partial charge in [-0.3, -0.25) is 4.79 Å². The summed E-state index contributed by atoms with van der Waals surface area (Å²) in [5.74, 6) is -0.0748. The molecule has 0 radical (unpaired) electrons. The van der Waals surface area contributed by atoms with Crippen LogP contribution < -0.4 is 4.74 Å². The Labute approximate surface area is 148 Å². The second-order valence-corrected chi connectivity index (χ2v) is 5.60. The number of carbonyl (C=O) groups is 2. The molecule has 0 fully saturated rings. The van der Waals surface area contributed by atoms with E-state index in [1.54, 1.807) is 38.3 Å². The third-order valence-corrected chi connectivity index (χ3v) is 3.81. The maximum Gasteiger partial charge on any atom is 0.331 e. The molecule has 0 spiro atoms. The minimum atomic E-state index is -0.838. The predicted molar refractivity (Wildman–Crippen MR) is 97.7 cm³/mol. The third kappa shape index (κ3) is 5.31. The molecule has 4 heteroatoms. The molecule has 0 aromatic heterocycles. The van der Waals surface area contributed by atoms with E-state index in [0.717, 1.165) is 17.5 Å². The molecule has 0 aliphatic heterocycles. The molecule has 0 heterocycles. The average molecular weight is 338 g/mol. The number of ether oxygens (including phenoxy) is 2. The maximum absolute atomic E-state index is 12.3. The van der Waals surface area contributed by atoms with E-state index < -0.39 is 12.1 Å². The number of methoxy groups -OCH3 is 1. The van der Waals surface area contributed by atoms with Crippen molar-refractivity contribution in [2.45, 2.75) is 26.4 Å². The summed E-state index contributed by atoms with van der Waals surface area (Å²) in [4.78, 5) is 24.2. The lowest BCUT2D eigenvalue weighted by Gasteiger charge is -2.11. The molecular formula is C21H22O4. The van der Waals surface area contributed by atoms with Crippen LogP contribution in [0.3, 0.4) is 0 Å². The number of carbonyl (C=O) groups excluding carboxylic acids is 2. The molecule has 0 amide bonds. The number of hydrogen-bond acceptors (Lipinski definition) is 4. The number of ketones is 1. The highest BCUT2D eigenvalue weighted by Crippen LogP contribution is 2.14. The van der Waals surface area contributed by atoms with E-state index in [4.69, 9.17) is 9.47 Å². The van der Waals surface area contributed by atoms with E-state index >= 15 is 0 Å². The van der Waals surface area contributed by atoms with Gasteiger partial charge in [0.15, 0.2) is 6.10 Å².